The van der Waals surface area contributed by atoms with E-state index >= 15 is 0 Å². The van der Waals surface area contributed by atoms with E-state index in [1.165, 1.54) is 5.57 Å². The van der Waals surface area contributed by atoms with Gasteiger partial charge in [0.1, 0.15) is 11.4 Å². The largest absolute Gasteiger partial charge is 0.487 e. The Kier molecular flexibility index (Phi) is 2.96. The molecule has 2 aliphatic heterocycles. The molecule has 0 bridgehead atoms. The maximum absolute atomic E-state index is 12.6. The number of amides is 1. The zero-order valence-corrected chi connectivity index (χ0v) is 11.1. The quantitative estimate of drug-likeness (QED) is 0.672. The van der Waals surface area contributed by atoms with Gasteiger partial charge in [0.2, 0.25) is 5.91 Å². The zero-order chi connectivity index (χ0) is 13.5. The Morgan fingerprint density at radius 1 is 1.42 bits per heavy atom. The molecule has 0 aromatic rings. The van der Waals surface area contributed by atoms with Crippen LogP contribution in [0.5, 0.6) is 0 Å². The molecule has 0 unspecified atom stereocenters. The molecular weight excluding hydrogens is 245 g/mol. The number of piperidine rings is 1. The minimum Gasteiger partial charge on any atom is -0.487 e. The van der Waals surface area contributed by atoms with Gasteiger partial charge in [-0.2, -0.15) is 0 Å². The molecule has 3 rings (SSSR count). The summed E-state index contributed by atoms with van der Waals surface area (Å²) in [6.07, 6.45) is 7.57. The van der Waals surface area contributed by atoms with Crippen molar-refractivity contribution in [1.82, 2.24) is 4.90 Å². The highest BCUT2D eigenvalue weighted by atomic mass is 19.1. The van der Waals surface area contributed by atoms with Crippen LogP contribution in [0.2, 0.25) is 0 Å². The summed E-state index contributed by atoms with van der Waals surface area (Å²) in [5, 5.41) is 0. The smallest absolute Gasteiger partial charge is 0.219 e. The maximum atomic E-state index is 12.6. The SMILES string of the molecule is CC(=O)N1CCC2(CC1)CC1=C(C=C/C(=C/F)C1)O2. The van der Waals surface area contributed by atoms with Gasteiger partial charge in [-0.15, -0.1) is 0 Å². The van der Waals surface area contributed by atoms with Crippen LogP contribution in [0.3, 0.4) is 0 Å². The molecule has 1 aliphatic carbocycles. The average molecular weight is 263 g/mol. The molecule has 3 aliphatic rings. The molecule has 19 heavy (non-hydrogen) atoms. The first-order valence-electron chi connectivity index (χ1n) is 6.76. The Balaban J connectivity index is 1.69. The zero-order valence-electron chi connectivity index (χ0n) is 11.1. The molecule has 102 valence electrons. The lowest BCUT2D eigenvalue weighted by molar-refractivity contribution is -0.133. The van der Waals surface area contributed by atoms with Crippen molar-refractivity contribution in [2.75, 3.05) is 13.1 Å². The van der Waals surface area contributed by atoms with Crippen LogP contribution in [0.15, 0.2) is 35.4 Å². The second-order valence-electron chi connectivity index (χ2n) is 5.63. The third kappa shape index (κ3) is 2.20. The molecular formula is C15H18FNO2. The maximum Gasteiger partial charge on any atom is 0.219 e. The van der Waals surface area contributed by atoms with E-state index in [-0.39, 0.29) is 11.5 Å². The summed E-state index contributed by atoms with van der Waals surface area (Å²) in [5.74, 6) is 1.05. The van der Waals surface area contributed by atoms with Crippen LogP contribution < -0.4 is 0 Å². The molecule has 1 amide bonds. The van der Waals surface area contributed by atoms with Gasteiger partial charge in [0.05, 0.1) is 6.33 Å². The first-order chi connectivity index (χ1) is 9.12. The van der Waals surface area contributed by atoms with E-state index in [4.69, 9.17) is 4.74 Å². The van der Waals surface area contributed by atoms with E-state index in [1.54, 1.807) is 13.0 Å². The van der Waals surface area contributed by atoms with Crippen molar-refractivity contribution in [2.45, 2.75) is 38.2 Å². The Morgan fingerprint density at radius 2 is 2.16 bits per heavy atom. The van der Waals surface area contributed by atoms with E-state index in [9.17, 15) is 9.18 Å². The Morgan fingerprint density at radius 3 is 2.79 bits per heavy atom. The van der Waals surface area contributed by atoms with E-state index in [0.717, 1.165) is 38.1 Å². The number of carbonyl (C=O) groups excluding carboxylic acids is 1. The third-order valence-corrected chi connectivity index (χ3v) is 4.34. The van der Waals surface area contributed by atoms with Crippen LogP contribution in [0, 0.1) is 0 Å². The van der Waals surface area contributed by atoms with Crippen molar-refractivity contribution in [2.24, 2.45) is 0 Å². The van der Waals surface area contributed by atoms with Gasteiger partial charge in [0.15, 0.2) is 0 Å². The molecule has 1 saturated heterocycles. The topological polar surface area (TPSA) is 29.5 Å². The summed E-state index contributed by atoms with van der Waals surface area (Å²) in [5.41, 5.74) is 1.75. The van der Waals surface area contributed by atoms with Gasteiger partial charge >= 0.3 is 0 Å². The van der Waals surface area contributed by atoms with Crippen LogP contribution in [0.25, 0.3) is 0 Å². The first-order valence-corrected chi connectivity index (χ1v) is 6.76. The van der Waals surface area contributed by atoms with Crippen molar-refractivity contribution < 1.29 is 13.9 Å². The second kappa shape index (κ2) is 4.51. The lowest BCUT2D eigenvalue weighted by Gasteiger charge is -2.38. The summed E-state index contributed by atoms with van der Waals surface area (Å²) < 4.78 is 18.7. The summed E-state index contributed by atoms with van der Waals surface area (Å²) in [7, 11) is 0. The molecule has 4 heteroatoms. The molecule has 0 saturated carbocycles. The summed E-state index contributed by atoms with van der Waals surface area (Å²) in [6, 6.07) is 0. The van der Waals surface area contributed by atoms with Gasteiger partial charge in [0.25, 0.3) is 0 Å². The molecule has 0 aromatic carbocycles. The number of nitrogens with zero attached hydrogens (tertiary/aromatic N) is 1. The van der Waals surface area contributed by atoms with Gasteiger partial charge in [0, 0.05) is 39.3 Å². The summed E-state index contributed by atoms with van der Waals surface area (Å²) in [4.78, 5) is 13.2. The minimum atomic E-state index is -0.160. The summed E-state index contributed by atoms with van der Waals surface area (Å²) in [6.45, 7) is 3.12. The fourth-order valence-electron chi connectivity index (χ4n) is 3.19. The molecule has 3 nitrogen and oxygen atoms in total. The highest BCUT2D eigenvalue weighted by molar-refractivity contribution is 5.73. The van der Waals surface area contributed by atoms with Crippen molar-refractivity contribution in [3.8, 4) is 0 Å². The molecule has 0 N–H and O–H groups in total. The fourth-order valence-corrected chi connectivity index (χ4v) is 3.19. The van der Waals surface area contributed by atoms with Crippen LogP contribution >= 0.6 is 0 Å². The van der Waals surface area contributed by atoms with E-state index in [1.807, 2.05) is 11.0 Å². The minimum absolute atomic E-state index is 0.133. The fraction of sp³-hybridized carbons (Fsp3) is 0.533. The second-order valence-corrected chi connectivity index (χ2v) is 5.63. The van der Waals surface area contributed by atoms with Gasteiger partial charge < -0.3 is 9.64 Å². The normalized spacial score (nSPS) is 26.8. The van der Waals surface area contributed by atoms with E-state index in [0.29, 0.717) is 18.3 Å². The third-order valence-electron chi connectivity index (χ3n) is 4.34. The van der Waals surface area contributed by atoms with Gasteiger partial charge in [-0.3, -0.25) is 4.79 Å². The number of rotatable bonds is 0. The first kappa shape index (κ1) is 12.5. The molecule has 0 atom stereocenters. The number of likely N-dealkylation sites (tertiary alicyclic amines) is 1. The monoisotopic (exact) mass is 263 g/mol. The molecule has 0 radical (unpaired) electrons. The molecule has 1 fully saturated rings. The number of hydrogen-bond donors (Lipinski definition) is 0. The number of hydrogen-bond acceptors (Lipinski definition) is 2. The van der Waals surface area contributed by atoms with Crippen molar-refractivity contribution in [3.05, 3.63) is 35.4 Å². The predicted molar refractivity (Wildman–Crippen MR) is 69.9 cm³/mol. The lowest BCUT2D eigenvalue weighted by atomic mass is 9.84. The average Bonchev–Trinajstić information content (AvgIpc) is 2.75. The lowest BCUT2D eigenvalue weighted by Crippen LogP contribution is -2.46. The van der Waals surface area contributed by atoms with Crippen LogP contribution in [0.4, 0.5) is 4.39 Å². The Hall–Kier alpha value is -1.58. The van der Waals surface area contributed by atoms with Crippen molar-refractivity contribution in [1.29, 1.82) is 0 Å². The standard InChI is InChI=1S/C15H18FNO2/c1-11(18)17-6-4-15(5-7-17)9-13-8-12(10-16)2-3-14(13)19-15/h2-3,10H,4-9H2,1H3/b12-10-. The van der Waals surface area contributed by atoms with Crippen molar-refractivity contribution >= 4 is 5.91 Å². The van der Waals surface area contributed by atoms with E-state index in [2.05, 4.69) is 0 Å². The van der Waals surface area contributed by atoms with Gasteiger partial charge in [-0.05, 0) is 23.6 Å². The highest BCUT2D eigenvalue weighted by Gasteiger charge is 2.43. The van der Waals surface area contributed by atoms with Crippen LogP contribution in [-0.4, -0.2) is 29.5 Å². The molecule has 1 spiro atoms. The number of halogens is 1. The number of allylic oxidation sites excluding steroid dienone is 3. The van der Waals surface area contributed by atoms with E-state index < -0.39 is 0 Å². The molecule has 2 heterocycles. The number of ether oxygens (including phenoxy) is 1. The van der Waals surface area contributed by atoms with Crippen LogP contribution in [-0.2, 0) is 9.53 Å². The predicted octanol–water partition coefficient (Wildman–Crippen LogP) is 2.86. The Bertz CT molecular complexity index is 496. The van der Waals surface area contributed by atoms with Crippen molar-refractivity contribution in [3.63, 3.8) is 0 Å². The molecule has 0 aromatic heterocycles. The van der Waals surface area contributed by atoms with Crippen LogP contribution in [0.1, 0.15) is 32.6 Å². The Labute approximate surface area is 112 Å². The number of carbonyl (C=O) groups is 1. The summed E-state index contributed by atoms with van der Waals surface area (Å²) >= 11 is 0. The van der Waals surface area contributed by atoms with Gasteiger partial charge in [-0.1, -0.05) is 6.08 Å². The van der Waals surface area contributed by atoms with Gasteiger partial charge in [-0.25, -0.2) is 4.39 Å². The highest BCUT2D eigenvalue weighted by Crippen LogP contribution is 2.45.